The molecular formula is C19H16N4O3. The fraction of sp³-hybridized carbons (Fsp3) is 0.158. The number of anilines is 1. The molecule has 1 aliphatic heterocycles. The highest BCUT2D eigenvalue weighted by molar-refractivity contribution is 6.00. The number of fused-ring (bicyclic) bond motifs is 2. The van der Waals surface area contributed by atoms with Crippen molar-refractivity contribution in [1.82, 2.24) is 15.1 Å². The zero-order valence-corrected chi connectivity index (χ0v) is 13.9. The number of hydrogen-bond acceptors (Lipinski definition) is 4. The quantitative estimate of drug-likeness (QED) is 0.750. The Morgan fingerprint density at radius 3 is 2.92 bits per heavy atom. The molecule has 7 nitrogen and oxygen atoms in total. The van der Waals surface area contributed by atoms with Gasteiger partial charge in [-0.2, -0.15) is 5.10 Å². The lowest BCUT2D eigenvalue weighted by molar-refractivity contribution is -0.116. The van der Waals surface area contributed by atoms with Gasteiger partial charge in [0.2, 0.25) is 11.3 Å². The molecule has 1 aromatic heterocycles. The van der Waals surface area contributed by atoms with E-state index in [1.807, 2.05) is 12.1 Å². The van der Waals surface area contributed by atoms with Crippen LogP contribution in [0.4, 0.5) is 5.69 Å². The van der Waals surface area contributed by atoms with Crippen molar-refractivity contribution in [2.75, 3.05) is 5.32 Å². The highest BCUT2D eigenvalue weighted by Gasteiger charge is 2.19. The Morgan fingerprint density at radius 1 is 1.19 bits per heavy atom. The molecule has 7 heteroatoms. The molecule has 0 radical (unpaired) electrons. The molecule has 2 N–H and O–H groups in total. The number of carbonyl (C=O) groups is 2. The minimum atomic E-state index is -0.187. The van der Waals surface area contributed by atoms with Gasteiger partial charge in [0.25, 0.3) is 5.91 Å². The minimum absolute atomic E-state index is 0.125. The van der Waals surface area contributed by atoms with Crippen molar-refractivity contribution in [2.45, 2.75) is 19.5 Å². The molecule has 0 spiro atoms. The first-order valence-corrected chi connectivity index (χ1v) is 8.28. The van der Waals surface area contributed by atoms with Crippen molar-refractivity contribution in [3.05, 3.63) is 70.0 Å². The highest BCUT2D eigenvalue weighted by atomic mass is 16.2. The second-order valence-corrected chi connectivity index (χ2v) is 6.10. The van der Waals surface area contributed by atoms with Gasteiger partial charge in [0, 0.05) is 29.6 Å². The molecule has 0 saturated carbocycles. The number of amides is 2. The van der Waals surface area contributed by atoms with Gasteiger partial charge in [-0.1, -0.05) is 18.2 Å². The molecule has 4 rings (SSSR count). The monoisotopic (exact) mass is 348 g/mol. The van der Waals surface area contributed by atoms with E-state index in [-0.39, 0.29) is 23.7 Å². The topological polar surface area (TPSA) is 93.1 Å². The largest absolute Gasteiger partial charge is 0.348 e. The summed E-state index contributed by atoms with van der Waals surface area (Å²) in [5.41, 5.74) is 2.66. The van der Waals surface area contributed by atoms with Gasteiger partial charge >= 0.3 is 0 Å². The summed E-state index contributed by atoms with van der Waals surface area (Å²) in [4.78, 5) is 35.8. The molecule has 0 unspecified atom stereocenters. The van der Waals surface area contributed by atoms with Crippen molar-refractivity contribution in [2.24, 2.45) is 0 Å². The maximum Gasteiger partial charge on any atom is 0.251 e. The third-order valence-corrected chi connectivity index (χ3v) is 4.39. The predicted molar refractivity (Wildman–Crippen MR) is 96.9 cm³/mol. The van der Waals surface area contributed by atoms with Crippen molar-refractivity contribution in [3.8, 4) is 0 Å². The normalized spacial score (nSPS) is 12.7. The van der Waals surface area contributed by atoms with Crippen molar-refractivity contribution >= 4 is 28.4 Å². The second-order valence-electron chi connectivity index (χ2n) is 6.10. The van der Waals surface area contributed by atoms with Crippen molar-refractivity contribution in [1.29, 1.82) is 0 Å². The molecule has 1 aliphatic rings. The number of aryl methyl sites for hydroxylation is 1. The molecule has 130 valence electrons. The molecule has 0 fully saturated rings. The molecule has 0 saturated heterocycles. The van der Waals surface area contributed by atoms with Crippen LogP contribution in [0, 0.1) is 0 Å². The number of hydrogen-bond donors (Lipinski definition) is 2. The van der Waals surface area contributed by atoms with Crippen LogP contribution in [0.3, 0.4) is 0 Å². The Morgan fingerprint density at radius 2 is 2.04 bits per heavy atom. The summed E-state index contributed by atoms with van der Waals surface area (Å²) in [6, 6.07) is 12.5. The van der Waals surface area contributed by atoms with Gasteiger partial charge in [0.05, 0.1) is 18.3 Å². The molecule has 0 aliphatic carbocycles. The number of para-hydroxylation sites is 1. The summed E-state index contributed by atoms with van der Waals surface area (Å²) < 4.78 is 1.65. The first kappa shape index (κ1) is 16.0. The van der Waals surface area contributed by atoms with E-state index in [9.17, 15) is 14.4 Å². The maximum atomic E-state index is 12.3. The number of nitrogens with zero attached hydrogens (tertiary/aromatic N) is 2. The van der Waals surface area contributed by atoms with Crippen molar-refractivity contribution < 1.29 is 9.59 Å². The molecule has 2 amide bonds. The molecule has 3 aromatic rings. The van der Waals surface area contributed by atoms with E-state index < -0.39 is 0 Å². The molecule has 2 heterocycles. The van der Waals surface area contributed by atoms with Gasteiger partial charge in [-0.05, 0) is 29.8 Å². The molecule has 0 atom stereocenters. The van der Waals surface area contributed by atoms with E-state index in [1.54, 1.807) is 35.0 Å². The standard InChI is InChI=1S/C19H16N4O3/c24-17-11-21-23(16-4-2-1-3-14(16)17)8-7-18(25)22-13-6-5-12-10-20-19(26)15(12)9-13/h1-6,9,11H,7-8,10H2,(H,20,26)(H,22,25). The number of benzene rings is 2. The Labute approximate surface area is 148 Å². The average Bonchev–Trinajstić information content (AvgIpc) is 3.02. The van der Waals surface area contributed by atoms with E-state index >= 15 is 0 Å². The Hall–Kier alpha value is -3.48. The summed E-state index contributed by atoms with van der Waals surface area (Å²) in [5, 5.41) is 10.2. The zero-order valence-electron chi connectivity index (χ0n) is 13.9. The third-order valence-electron chi connectivity index (χ3n) is 4.39. The van der Waals surface area contributed by atoms with Crippen LogP contribution >= 0.6 is 0 Å². The summed E-state index contributed by atoms with van der Waals surface area (Å²) in [5.74, 6) is -0.312. The van der Waals surface area contributed by atoms with Gasteiger partial charge in [-0.3, -0.25) is 19.1 Å². The Bertz CT molecular complexity index is 1090. The zero-order chi connectivity index (χ0) is 18.1. The van der Waals surface area contributed by atoms with Crippen LogP contribution in [0.25, 0.3) is 10.9 Å². The van der Waals surface area contributed by atoms with E-state index in [4.69, 9.17) is 0 Å². The number of aromatic nitrogens is 2. The van der Waals surface area contributed by atoms with Crippen LogP contribution < -0.4 is 16.1 Å². The van der Waals surface area contributed by atoms with Crippen LogP contribution in [0.2, 0.25) is 0 Å². The van der Waals surface area contributed by atoms with Crippen LogP contribution in [0.15, 0.2) is 53.5 Å². The number of nitrogens with one attached hydrogen (secondary N) is 2. The fourth-order valence-electron chi connectivity index (χ4n) is 3.06. The minimum Gasteiger partial charge on any atom is -0.348 e. The SMILES string of the molecule is O=C(CCn1ncc(=O)c2ccccc21)Nc1ccc2c(c1)C(=O)NC2. The highest BCUT2D eigenvalue weighted by Crippen LogP contribution is 2.20. The molecule has 26 heavy (non-hydrogen) atoms. The summed E-state index contributed by atoms with van der Waals surface area (Å²) in [6.45, 7) is 0.867. The molecular weight excluding hydrogens is 332 g/mol. The van der Waals surface area contributed by atoms with E-state index in [1.165, 1.54) is 6.20 Å². The van der Waals surface area contributed by atoms with Gasteiger partial charge < -0.3 is 10.6 Å². The van der Waals surface area contributed by atoms with Gasteiger partial charge in [0.15, 0.2) is 0 Å². The van der Waals surface area contributed by atoms with E-state index in [2.05, 4.69) is 15.7 Å². The molecule has 0 bridgehead atoms. The van der Waals surface area contributed by atoms with Gasteiger partial charge in [0.1, 0.15) is 0 Å². The number of rotatable bonds is 4. The van der Waals surface area contributed by atoms with E-state index in [0.717, 1.165) is 5.56 Å². The first-order chi connectivity index (χ1) is 12.6. The van der Waals surface area contributed by atoms with Crippen LogP contribution in [0.5, 0.6) is 0 Å². The van der Waals surface area contributed by atoms with Crippen LogP contribution in [0.1, 0.15) is 22.3 Å². The third kappa shape index (κ3) is 2.95. The average molecular weight is 348 g/mol. The predicted octanol–water partition coefficient (Wildman–Crippen LogP) is 1.67. The summed E-state index contributed by atoms with van der Waals surface area (Å²) >= 11 is 0. The molecule has 2 aromatic carbocycles. The lowest BCUT2D eigenvalue weighted by Crippen LogP contribution is -2.18. The maximum absolute atomic E-state index is 12.3. The van der Waals surface area contributed by atoms with E-state index in [0.29, 0.717) is 35.2 Å². The second kappa shape index (κ2) is 6.44. The van der Waals surface area contributed by atoms with Gasteiger partial charge in [-0.15, -0.1) is 0 Å². The lowest BCUT2D eigenvalue weighted by atomic mass is 10.1. The van der Waals surface area contributed by atoms with Crippen molar-refractivity contribution in [3.63, 3.8) is 0 Å². The smallest absolute Gasteiger partial charge is 0.251 e. The fourth-order valence-corrected chi connectivity index (χ4v) is 3.06. The Balaban J connectivity index is 1.47. The van der Waals surface area contributed by atoms with Crippen LogP contribution in [-0.2, 0) is 17.9 Å². The number of carbonyl (C=O) groups excluding carboxylic acids is 2. The lowest BCUT2D eigenvalue weighted by Gasteiger charge is -2.10. The van der Waals surface area contributed by atoms with Crippen LogP contribution in [-0.4, -0.2) is 21.6 Å². The Kier molecular flexibility index (Phi) is 3.96. The summed E-state index contributed by atoms with van der Waals surface area (Å²) in [7, 11) is 0. The summed E-state index contributed by atoms with van der Waals surface area (Å²) in [6.07, 6.45) is 1.46. The first-order valence-electron chi connectivity index (χ1n) is 8.28. The van der Waals surface area contributed by atoms with Gasteiger partial charge in [-0.25, -0.2) is 0 Å².